The number of rotatable bonds is 18. The fraction of sp³-hybridized carbons (Fsp3) is 0.733. The second kappa shape index (κ2) is 16.1. The number of ether oxygens (including phenoxy) is 1. The SMILES string of the molecule is CC(=O)O[C@H](C)CCCCn1c(=O)c2c(ncn2C)n(CCCCCCNC(=O)CCCC[C@@H]2SC[C@@H]3NC(=O)N[C@@H]32)c1=O. The number of aryl methyl sites for hydroxylation is 2. The third kappa shape index (κ3) is 8.89. The highest BCUT2D eigenvalue weighted by Gasteiger charge is 2.42. The number of imidazole rings is 1. The number of nitrogens with one attached hydrogen (secondary N) is 3. The second-order valence-electron chi connectivity index (χ2n) is 12.0. The molecule has 244 valence electrons. The maximum Gasteiger partial charge on any atom is 0.332 e. The smallest absolute Gasteiger partial charge is 0.332 e. The highest BCUT2D eigenvalue weighted by molar-refractivity contribution is 8.00. The molecule has 14 heteroatoms. The molecule has 4 rings (SSSR count). The van der Waals surface area contributed by atoms with Crippen molar-refractivity contribution in [2.45, 2.75) is 121 Å². The Labute approximate surface area is 261 Å². The zero-order valence-electron chi connectivity index (χ0n) is 26.1. The standard InChI is InChI=1S/C30H47N7O6S/c1-20(43-21(2)38)12-8-11-17-37-28(40)26-27(32-19-35(26)3)36(30(37)42)16-10-5-4-9-15-31-24(39)14-7-6-13-23-25-22(18-44-23)33-29(41)34-25/h19-20,22-23,25H,4-18H2,1-3H3,(H,31,39)(H2,33,34,41)/t20-,22+,23+,25+/m1/s1. The van der Waals surface area contributed by atoms with Crippen LogP contribution in [0.5, 0.6) is 0 Å². The van der Waals surface area contributed by atoms with E-state index in [1.807, 2.05) is 18.7 Å². The summed E-state index contributed by atoms with van der Waals surface area (Å²) in [7, 11) is 1.75. The molecule has 2 aliphatic rings. The maximum absolute atomic E-state index is 13.3. The van der Waals surface area contributed by atoms with Gasteiger partial charge in [-0.1, -0.05) is 19.3 Å². The monoisotopic (exact) mass is 633 g/mol. The van der Waals surface area contributed by atoms with Gasteiger partial charge in [-0.3, -0.25) is 23.5 Å². The molecule has 0 spiro atoms. The van der Waals surface area contributed by atoms with Crippen molar-refractivity contribution in [1.82, 2.24) is 34.6 Å². The molecule has 2 aliphatic heterocycles. The van der Waals surface area contributed by atoms with Gasteiger partial charge in [0.05, 0.1) is 24.5 Å². The summed E-state index contributed by atoms with van der Waals surface area (Å²) in [5.41, 5.74) is 0.132. The number of nitrogens with zero attached hydrogens (tertiary/aromatic N) is 4. The Bertz CT molecular complexity index is 1420. The Hall–Kier alpha value is -3.29. The predicted octanol–water partition coefficient (Wildman–Crippen LogP) is 2.42. The molecule has 0 aromatic carbocycles. The summed E-state index contributed by atoms with van der Waals surface area (Å²) < 4.78 is 9.71. The number of esters is 1. The average Bonchev–Trinajstić information content (AvgIpc) is 3.65. The van der Waals surface area contributed by atoms with E-state index in [0.29, 0.717) is 55.3 Å². The molecule has 0 bridgehead atoms. The highest BCUT2D eigenvalue weighted by Crippen LogP contribution is 2.33. The summed E-state index contributed by atoms with van der Waals surface area (Å²) in [5, 5.41) is 9.40. The van der Waals surface area contributed by atoms with Gasteiger partial charge in [0.15, 0.2) is 11.2 Å². The van der Waals surface area contributed by atoms with Gasteiger partial charge in [0.1, 0.15) is 0 Å². The van der Waals surface area contributed by atoms with Crippen LogP contribution in [0.15, 0.2) is 15.9 Å². The first-order valence-corrected chi connectivity index (χ1v) is 17.0. The Morgan fingerprint density at radius 3 is 2.59 bits per heavy atom. The second-order valence-corrected chi connectivity index (χ2v) is 13.2. The third-order valence-corrected chi connectivity index (χ3v) is 9.91. The van der Waals surface area contributed by atoms with Gasteiger partial charge < -0.3 is 25.3 Å². The molecule has 0 unspecified atom stereocenters. The van der Waals surface area contributed by atoms with Crippen molar-refractivity contribution in [2.75, 3.05) is 12.3 Å². The van der Waals surface area contributed by atoms with Crippen molar-refractivity contribution >= 4 is 40.8 Å². The van der Waals surface area contributed by atoms with Crippen LogP contribution in [0, 0.1) is 0 Å². The van der Waals surface area contributed by atoms with Crippen LogP contribution in [0.25, 0.3) is 11.2 Å². The third-order valence-electron chi connectivity index (χ3n) is 8.40. The first-order valence-electron chi connectivity index (χ1n) is 15.9. The van der Waals surface area contributed by atoms with E-state index in [9.17, 15) is 24.0 Å². The molecule has 3 amide bonds. The number of hydrogen-bond donors (Lipinski definition) is 3. The molecular weight excluding hydrogens is 586 g/mol. The lowest BCUT2D eigenvalue weighted by molar-refractivity contribution is -0.145. The first-order chi connectivity index (χ1) is 21.2. The van der Waals surface area contributed by atoms with Gasteiger partial charge in [-0.25, -0.2) is 14.6 Å². The molecule has 2 saturated heterocycles. The zero-order chi connectivity index (χ0) is 31.6. The van der Waals surface area contributed by atoms with Crippen molar-refractivity contribution < 1.29 is 19.1 Å². The number of carbonyl (C=O) groups is 3. The molecule has 4 atom stereocenters. The van der Waals surface area contributed by atoms with Crippen LogP contribution in [0.1, 0.15) is 84.5 Å². The van der Waals surface area contributed by atoms with E-state index in [4.69, 9.17) is 4.74 Å². The van der Waals surface area contributed by atoms with Crippen LogP contribution in [-0.4, -0.2) is 72.3 Å². The Balaban J connectivity index is 1.14. The number of amides is 3. The number of urea groups is 1. The van der Waals surface area contributed by atoms with Gasteiger partial charge in [-0.15, -0.1) is 0 Å². The summed E-state index contributed by atoms with van der Waals surface area (Å²) in [6.07, 6.45) is 10.1. The van der Waals surface area contributed by atoms with Crippen molar-refractivity contribution in [3.05, 3.63) is 27.2 Å². The molecular formula is C30H47N7O6S. The van der Waals surface area contributed by atoms with Gasteiger partial charge in [-0.05, 0) is 51.9 Å². The summed E-state index contributed by atoms with van der Waals surface area (Å²) in [6, 6.07) is 0.377. The van der Waals surface area contributed by atoms with Gasteiger partial charge in [0, 0.05) is 51.0 Å². The van der Waals surface area contributed by atoms with E-state index in [0.717, 1.165) is 57.1 Å². The number of carbonyl (C=O) groups excluding carboxylic acids is 3. The van der Waals surface area contributed by atoms with Crippen molar-refractivity contribution in [3.8, 4) is 0 Å². The topological polar surface area (TPSA) is 158 Å². The lowest BCUT2D eigenvalue weighted by Crippen LogP contribution is -2.40. The van der Waals surface area contributed by atoms with E-state index >= 15 is 0 Å². The van der Waals surface area contributed by atoms with Crippen LogP contribution in [-0.2, 0) is 34.5 Å². The quantitative estimate of drug-likeness (QED) is 0.128. The van der Waals surface area contributed by atoms with E-state index in [2.05, 4.69) is 20.9 Å². The number of thioether (sulfide) groups is 1. The Morgan fingerprint density at radius 1 is 1.05 bits per heavy atom. The molecule has 2 aromatic rings. The molecule has 2 aromatic heterocycles. The van der Waals surface area contributed by atoms with Crippen LogP contribution in [0.3, 0.4) is 0 Å². The summed E-state index contributed by atoms with van der Waals surface area (Å²) >= 11 is 1.90. The number of unbranched alkanes of at least 4 members (excludes halogenated alkanes) is 5. The molecule has 0 saturated carbocycles. The largest absolute Gasteiger partial charge is 0.463 e. The average molecular weight is 634 g/mol. The molecule has 0 radical (unpaired) electrons. The highest BCUT2D eigenvalue weighted by atomic mass is 32.2. The number of aromatic nitrogens is 4. The molecule has 44 heavy (non-hydrogen) atoms. The summed E-state index contributed by atoms with van der Waals surface area (Å²) in [5.74, 6) is 0.707. The van der Waals surface area contributed by atoms with Gasteiger partial charge in [0.25, 0.3) is 5.56 Å². The summed E-state index contributed by atoms with van der Waals surface area (Å²) in [4.78, 5) is 65.7. The Morgan fingerprint density at radius 2 is 1.80 bits per heavy atom. The van der Waals surface area contributed by atoms with E-state index in [1.54, 1.807) is 22.5 Å². The number of hydrogen-bond acceptors (Lipinski definition) is 8. The minimum atomic E-state index is -0.350. The van der Waals surface area contributed by atoms with Gasteiger partial charge >= 0.3 is 17.7 Å². The lowest BCUT2D eigenvalue weighted by Gasteiger charge is -2.16. The molecule has 2 fully saturated rings. The lowest BCUT2D eigenvalue weighted by atomic mass is 10.0. The normalized spacial score (nSPS) is 19.9. The fourth-order valence-electron chi connectivity index (χ4n) is 6.09. The van der Waals surface area contributed by atoms with Gasteiger partial charge in [-0.2, -0.15) is 11.8 Å². The van der Waals surface area contributed by atoms with Crippen LogP contribution < -0.4 is 27.2 Å². The van der Waals surface area contributed by atoms with E-state index < -0.39 is 0 Å². The van der Waals surface area contributed by atoms with Crippen molar-refractivity contribution in [2.24, 2.45) is 7.05 Å². The summed E-state index contributed by atoms with van der Waals surface area (Å²) in [6.45, 7) is 4.60. The van der Waals surface area contributed by atoms with Crippen LogP contribution in [0.4, 0.5) is 4.79 Å². The molecule has 3 N–H and O–H groups in total. The minimum absolute atomic E-state index is 0.0675. The molecule has 13 nitrogen and oxygen atoms in total. The van der Waals surface area contributed by atoms with Crippen LogP contribution >= 0.6 is 11.8 Å². The molecule has 4 heterocycles. The van der Waals surface area contributed by atoms with E-state index in [1.165, 1.54) is 11.5 Å². The first kappa shape index (κ1) is 33.6. The fourth-order valence-corrected chi connectivity index (χ4v) is 7.64. The van der Waals surface area contributed by atoms with Gasteiger partial charge in [0.2, 0.25) is 5.91 Å². The van der Waals surface area contributed by atoms with E-state index in [-0.39, 0.29) is 47.3 Å². The van der Waals surface area contributed by atoms with Crippen LogP contribution in [0.2, 0.25) is 0 Å². The number of fused-ring (bicyclic) bond motifs is 2. The maximum atomic E-state index is 13.3. The van der Waals surface area contributed by atoms with Crippen molar-refractivity contribution in [1.29, 1.82) is 0 Å². The Kier molecular flexibility index (Phi) is 12.3. The van der Waals surface area contributed by atoms with Crippen molar-refractivity contribution in [3.63, 3.8) is 0 Å². The molecule has 0 aliphatic carbocycles. The zero-order valence-corrected chi connectivity index (χ0v) is 27.0. The minimum Gasteiger partial charge on any atom is -0.463 e. The predicted molar refractivity (Wildman–Crippen MR) is 170 cm³/mol.